The van der Waals surface area contributed by atoms with Crippen molar-refractivity contribution in [1.82, 2.24) is 29.4 Å². The van der Waals surface area contributed by atoms with Gasteiger partial charge in [-0.05, 0) is 55.9 Å². The van der Waals surface area contributed by atoms with E-state index in [1.54, 1.807) is 65.7 Å². The lowest BCUT2D eigenvalue weighted by Gasteiger charge is -2.36. The number of carbonyl (C=O) groups excluding carboxylic acids is 4. The van der Waals surface area contributed by atoms with Gasteiger partial charge in [0.25, 0.3) is 11.8 Å². The molecule has 0 aromatic carbocycles. The Labute approximate surface area is 195 Å². The molecular weight excluding hydrogens is 432 g/mol. The second-order valence-electron chi connectivity index (χ2n) is 10.3. The molecule has 0 spiro atoms. The Morgan fingerprint density at radius 1 is 0.697 bits per heavy atom. The fourth-order valence-corrected chi connectivity index (χ4v) is 4.15. The topological polar surface area (TPSA) is 128 Å². The average molecular weight is 471 g/mol. The van der Waals surface area contributed by atoms with Gasteiger partial charge in [-0.25, -0.2) is 9.59 Å². The quantitative estimate of drug-likeness (QED) is 0.384. The summed E-state index contributed by atoms with van der Waals surface area (Å²) in [6.45, 7) is 6.19. The maximum Gasteiger partial charge on any atom is 0.329 e. The molecule has 0 unspecified atom stereocenters. The summed E-state index contributed by atoms with van der Waals surface area (Å²) in [6, 6.07) is -1.27. The van der Waals surface area contributed by atoms with Crippen LogP contribution in [0.4, 0.5) is 9.59 Å². The van der Waals surface area contributed by atoms with Crippen LogP contribution >= 0.6 is 0 Å². The Hall–Kier alpha value is -2.28. The van der Waals surface area contributed by atoms with Crippen LogP contribution in [0.2, 0.25) is 0 Å². The van der Waals surface area contributed by atoms with Crippen molar-refractivity contribution in [3.63, 3.8) is 0 Å². The summed E-state index contributed by atoms with van der Waals surface area (Å²) in [5, 5.41) is 20.5. The second kappa shape index (κ2) is 9.53. The van der Waals surface area contributed by atoms with Crippen molar-refractivity contribution in [1.29, 1.82) is 0 Å². The van der Waals surface area contributed by atoms with E-state index >= 15 is 0 Å². The molecule has 0 aromatic rings. The predicted octanol–water partition coefficient (Wildman–Crippen LogP) is -1.13. The third kappa shape index (κ3) is 5.29. The lowest BCUT2D eigenvalue weighted by molar-refractivity contribution is -0.134. The first-order valence-corrected chi connectivity index (χ1v) is 10.9. The molecule has 2 fully saturated rings. The summed E-state index contributed by atoms with van der Waals surface area (Å²) >= 11 is 0. The van der Waals surface area contributed by atoms with Crippen LogP contribution < -0.4 is 0 Å². The fourth-order valence-electron chi connectivity index (χ4n) is 4.15. The molecule has 0 aliphatic carbocycles. The van der Waals surface area contributed by atoms with Gasteiger partial charge in [-0.1, -0.05) is 0 Å². The molecule has 2 rings (SSSR count). The Kier molecular flexibility index (Phi) is 7.79. The average Bonchev–Trinajstić information content (AvgIpc) is 2.91. The number of hydrogen-bond donors (Lipinski definition) is 2. The van der Waals surface area contributed by atoms with Crippen LogP contribution in [0.5, 0.6) is 0 Å². The van der Waals surface area contributed by atoms with E-state index in [9.17, 15) is 29.4 Å². The van der Waals surface area contributed by atoms with Crippen LogP contribution in [0.15, 0.2) is 0 Å². The van der Waals surface area contributed by atoms with Gasteiger partial charge < -0.3 is 20.0 Å². The van der Waals surface area contributed by atoms with Gasteiger partial charge in [-0.15, -0.1) is 0 Å². The van der Waals surface area contributed by atoms with Crippen molar-refractivity contribution >= 4 is 23.9 Å². The minimum absolute atomic E-state index is 0.172. The smallest absolute Gasteiger partial charge is 0.329 e. The van der Waals surface area contributed by atoms with Crippen molar-refractivity contribution < 1.29 is 29.4 Å². The van der Waals surface area contributed by atoms with Gasteiger partial charge in [-0.3, -0.25) is 29.2 Å². The number of β-amino-alcohol motifs (C(OH)–C–C–N with tert-alkyl or cyclic N) is 2. The van der Waals surface area contributed by atoms with Crippen LogP contribution in [0.25, 0.3) is 0 Å². The largest absolute Gasteiger partial charge is 0.390 e. The molecule has 0 saturated carbocycles. The molecule has 6 amide bonds. The number of aliphatic hydroxyl groups is 2. The highest BCUT2D eigenvalue weighted by atomic mass is 16.3. The molecule has 0 bridgehead atoms. The number of amides is 6. The zero-order chi connectivity index (χ0) is 25.5. The molecule has 2 heterocycles. The Morgan fingerprint density at radius 3 is 1.27 bits per heavy atom. The van der Waals surface area contributed by atoms with E-state index < -0.39 is 47.2 Å². The molecule has 2 aliphatic rings. The third-order valence-electron chi connectivity index (χ3n) is 6.03. The molecule has 0 aromatic heterocycles. The molecular formula is C21H38N6O6. The molecule has 2 saturated heterocycles. The van der Waals surface area contributed by atoms with E-state index in [1.165, 1.54) is 9.80 Å². The summed E-state index contributed by atoms with van der Waals surface area (Å²) < 4.78 is 0. The van der Waals surface area contributed by atoms with Crippen molar-refractivity contribution in [3.8, 4) is 0 Å². The van der Waals surface area contributed by atoms with Gasteiger partial charge in [0, 0.05) is 13.1 Å². The van der Waals surface area contributed by atoms with E-state index in [2.05, 4.69) is 0 Å². The Balaban J connectivity index is 2.23. The molecule has 0 radical (unpaired) electrons. The highest BCUT2D eigenvalue weighted by Gasteiger charge is 2.57. The van der Waals surface area contributed by atoms with E-state index in [0.717, 1.165) is 9.80 Å². The number of imide groups is 2. The zero-order valence-electron chi connectivity index (χ0n) is 20.9. The molecule has 2 atom stereocenters. The molecule has 12 nitrogen and oxygen atoms in total. The van der Waals surface area contributed by atoms with Gasteiger partial charge in [-0.2, -0.15) is 0 Å². The third-order valence-corrected chi connectivity index (χ3v) is 6.03. The summed E-state index contributed by atoms with van der Waals surface area (Å²) in [5.74, 6) is -0.973. The lowest BCUT2D eigenvalue weighted by atomic mass is 10.0. The fraction of sp³-hybridized carbons (Fsp3) is 0.810. The van der Waals surface area contributed by atoms with Crippen LogP contribution in [0.3, 0.4) is 0 Å². The van der Waals surface area contributed by atoms with Crippen molar-refractivity contribution in [2.45, 2.75) is 51.0 Å². The summed E-state index contributed by atoms with van der Waals surface area (Å²) in [7, 11) is 7.08. The lowest BCUT2D eigenvalue weighted by Crippen LogP contribution is -2.55. The van der Waals surface area contributed by atoms with Crippen molar-refractivity contribution in [3.05, 3.63) is 0 Å². The van der Waals surface area contributed by atoms with Gasteiger partial charge in [0.2, 0.25) is 0 Å². The second-order valence-corrected chi connectivity index (χ2v) is 10.3. The first kappa shape index (κ1) is 27.0. The van der Waals surface area contributed by atoms with Crippen LogP contribution in [0.1, 0.15) is 27.7 Å². The summed E-state index contributed by atoms with van der Waals surface area (Å²) in [5.41, 5.74) is -2.54. The SMILES string of the molecule is CN(C)C[C@H](O)CN1C(=O)N(CN2C(=O)N(C[C@@H](O)CN(C)C)C(=O)C2(C)C)C(C)(C)C1=O. The maximum absolute atomic E-state index is 13.1. The molecule has 33 heavy (non-hydrogen) atoms. The van der Waals surface area contributed by atoms with Crippen molar-refractivity contribution in [2.24, 2.45) is 0 Å². The summed E-state index contributed by atoms with van der Waals surface area (Å²) in [6.07, 6.45) is -1.85. The number of urea groups is 2. The van der Waals surface area contributed by atoms with Gasteiger partial charge >= 0.3 is 12.1 Å². The first-order chi connectivity index (χ1) is 15.0. The number of likely N-dealkylation sites (N-methyl/N-ethyl adjacent to an activating group) is 2. The Bertz CT molecular complexity index is 734. The molecule has 188 valence electrons. The number of nitrogens with zero attached hydrogens (tertiary/aromatic N) is 6. The van der Waals surface area contributed by atoms with Crippen LogP contribution in [-0.2, 0) is 9.59 Å². The predicted molar refractivity (Wildman–Crippen MR) is 120 cm³/mol. The minimum Gasteiger partial charge on any atom is -0.390 e. The normalized spacial score (nSPS) is 22.4. The molecule has 2 N–H and O–H groups in total. The maximum atomic E-state index is 13.1. The standard InChI is InChI=1S/C21H38N6O6/c1-20(2)16(30)24(11-14(28)9-22(5)6)18(32)26(20)13-27-19(33)25(17(31)21(27,3)4)12-15(29)10-23(7)8/h14-15,28-29H,9-13H2,1-8H3/t14-,15-/m0/s1. The zero-order valence-corrected chi connectivity index (χ0v) is 20.9. The first-order valence-electron chi connectivity index (χ1n) is 10.9. The highest BCUT2D eigenvalue weighted by molar-refractivity contribution is 6.08. The highest BCUT2D eigenvalue weighted by Crippen LogP contribution is 2.33. The number of rotatable bonds is 10. The monoisotopic (exact) mass is 470 g/mol. The Morgan fingerprint density at radius 2 is 1.00 bits per heavy atom. The van der Waals surface area contributed by atoms with Crippen molar-refractivity contribution in [2.75, 3.05) is 61.0 Å². The number of hydrogen-bond acceptors (Lipinski definition) is 8. The molecule has 2 aliphatic heterocycles. The van der Waals surface area contributed by atoms with E-state index in [4.69, 9.17) is 0 Å². The van der Waals surface area contributed by atoms with E-state index in [0.29, 0.717) is 0 Å². The van der Waals surface area contributed by atoms with Crippen LogP contribution in [-0.4, -0.2) is 148 Å². The molecule has 12 heteroatoms. The number of aliphatic hydroxyl groups excluding tert-OH is 2. The van der Waals surface area contributed by atoms with E-state index in [-0.39, 0.29) is 32.8 Å². The van der Waals surface area contributed by atoms with Gasteiger partial charge in [0.15, 0.2) is 0 Å². The number of carbonyl (C=O) groups is 4. The van der Waals surface area contributed by atoms with Gasteiger partial charge in [0.05, 0.1) is 25.3 Å². The van der Waals surface area contributed by atoms with Crippen LogP contribution in [0, 0.1) is 0 Å². The minimum atomic E-state index is -1.27. The van der Waals surface area contributed by atoms with E-state index in [1.807, 2.05) is 0 Å². The summed E-state index contributed by atoms with van der Waals surface area (Å²) in [4.78, 5) is 60.2. The van der Waals surface area contributed by atoms with Gasteiger partial charge in [0.1, 0.15) is 17.7 Å².